The maximum absolute atomic E-state index is 8.89. The van der Waals surface area contributed by atoms with Crippen LogP contribution in [0.1, 0.15) is 13.8 Å². The zero-order valence-corrected chi connectivity index (χ0v) is 18.6. The summed E-state index contributed by atoms with van der Waals surface area (Å²) in [4.78, 5) is 17.8. The van der Waals surface area contributed by atoms with Gasteiger partial charge >= 0.3 is 19.5 Å². The van der Waals surface area contributed by atoms with E-state index in [9.17, 15) is 0 Å². The summed E-state index contributed by atoms with van der Waals surface area (Å²) in [6, 6.07) is 0. The van der Waals surface area contributed by atoms with E-state index < -0.39 is 11.9 Å². The van der Waals surface area contributed by atoms with Gasteiger partial charge in [-0.25, -0.2) is 0 Å². The second-order valence-electron chi connectivity index (χ2n) is 3.29. The molecule has 0 aliphatic rings. The van der Waals surface area contributed by atoms with Gasteiger partial charge in [0, 0.05) is 64.3 Å². The molecule has 0 radical (unpaired) electrons. The summed E-state index contributed by atoms with van der Waals surface area (Å²) < 4.78 is 0. The van der Waals surface area contributed by atoms with Crippen LogP contribution in [0.4, 0.5) is 0 Å². The molecule has 12 nitrogen and oxygen atoms in total. The third kappa shape index (κ3) is 997. The molecular formula is C12H38N8O4Zn. The van der Waals surface area contributed by atoms with Gasteiger partial charge in [0.15, 0.2) is 0 Å². The van der Waals surface area contributed by atoms with Crippen LogP contribution in [0.2, 0.25) is 0 Å². The van der Waals surface area contributed by atoms with E-state index in [-0.39, 0.29) is 19.5 Å². The van der Waals surface area contributed by atoms with Gasteiger partial charge in [-0.15, -0.1) is 0 Å². The molecule has 16 N–H and O–H groups in total. The molecular weight excluding hydrogens is 386 g/mol. The Hall–Kier alpha value is -0.757. The Balaban J connectivity index is -0.0000000309. The van der Waals surface area contributed by atoms with Crippen LogP contribution in [0.15, 0.2) is 0 Å². The molecule has 0 rings (SSSR count). The molecule has 0 unspecified atom stereocenters. The van der Waals surface area contributed by atoms with Crippen molar-refractivity contribution in [1.29, 1.82) is 0 Å². The molecule has 0 heterocycles. The van der Waals surface area contributed by atoms with Crippen LogP contribution in [-0.4, -0.2) is 64.3 Å². The Labute approximate surface area is 163 Å². The van der Waals surface area contributed by atoms with E-state index in [0.29, 0.717) is 52.4 Å². The molecule has 0 saturated heterocycles. The van der Waals surface area contributed by atoms with Crippen molar-refractivity contribution in [2.45, 2.75) is 13.8 Å². The fourth-order valence-corrected chi connectivity index (χ4v) is 0. The first kappa shape index (κ1) is 44.1. The average Bonchev–Trinajstić information content (AvgIpc) is 2.54. The molecule has 0 fully saturated rings. The summed E-state index contributed by atoms with van der Waals surface area (Å²) in [6.07, 6.45) is 0. The topological polar surface area (TPSA) is 288 Å². The van der Waals surface area contributed by atoms with Gasteiger partial charge in [0.05, 0.1) is 0 Å². The third-order valence-electron chi connectivity index (χ3n) is 0.667. The minimum atomic E-state index is -1.08. The second kappa shape index (κ2) is 65.6. The van der Waals surface area contributed by atoms with E-state index in [1.807, 2.05) is 0 Å². The zero-order chi connectivity index (χ0) is 20.8. The van der Waals surface area contributed by atoms with Gasteiger partial charge in [-0.3, -0.25) is 0 Å². The van der Waals surface area contributed by atoms with E-state index in [0.717, 1.165) is 13.8 Å². The van der Waals surface area contributed by atoms with Gasteiger partial charge in [0.2, 0.25) is 0 Å². The second-order valence-corrected chi connectivity index (χ2v) is 3.29. The Morgan fingerprint density at radius 2 is 0.560 bits per heavy atom. The van der Waals surface area contributed by atoms with Crippen molar-refractivity contribution in [3.05, 3.63) is 0 Å². The molecule has 0 saturated carbocycles. The molecule has 152 valence electrons. The molecule has 25 heavy (non-hydrogen) atoms. The van der Waals surface area contributed by atoms with Gasteiger partial charge in [-0.2, -0.15) is 0 Å². The standard InChI is InChI=1S/4C2H8N2.2C2H4O2.Zn/c4*3-1-2-4;2*1-2(3)4;/h4*1-4H2;2*1H3,(H,3,4);/q;;;;;;+2/p-2. The van der Waals surface area contributed by atoms with Crippen molar-refractivity contribution < 1.29 is 39.3 Å². The first-order valence-electron chi connectivity index (χ1n) is 7.08. The van der Waals surface area contributed by atoms with Gasteiger partial charge in [-0.1, -0.05) is 0 Å². The van der Waals surface area contributed by atoms with Crippen molar-refractivity contribution in [2.75, 3.05) is 52.4 Å². The normalized spacial score (nSPS) is 6.80. The number of aliphatic carboxylic acids is 2. The quantitative estimate of drug-likeness (QED) is 0.195. The number of hydrogen-bond acceptors (Lipinski definition) is 12. The number of carboxylic acids is 2. The number of nitrogens with two attached hydrogens (primary N) is 8. The van der Waals surface area contributed by atoms with Crippen LogP contribution in [0.5, 0.6) is 0 Å². The number of hydrogen-bond donors (Lipinski definition) is 8. The largest absolute Gasteiger partial charge is 2.00 e. The van der Waals surface area contributed by atoms with Crippen LogP contribution < -0.4 is 56.1 Å². The zero-order valence-electron chi connectivity index (χ0n) is 15.6. The van der Waals surface area contributed by atoms with E-state index >= 15 is 0 Å². The van der Waals surface area contributed by atoms with Crippen molar-refractivity contribution in [3.8, 4) is 0 Å². The SMILES string of the molecule is CC(=O)[O-].CC(=O)[O-].NCCN.NCCN.NCCN.NCCN.[Zn+2]. The summed E-state index contributed by atoms with van der Waals surface area (Å²) in [6.45, 7) is 6.72. The molecule has 0 aromatic rings. The molecule has 0 aliphatic carbocycles. The summed E-state index contributed by atoms with van der Waals surface area (Å²) in [5.74, 6) is -2.17. The predicted octanol–water partition coefficient (Wildman–Crippen LogP) is -6.87. The number of carbonyl (C=O) groups is 2. The van der Waals surface area contributed by atoms with E-state index in [1.54, 1.807) is 0 Å². The molecule has 0 amide bonds. The van der Waals surface area contributed by atoms with Crippen LogP contribution >= 0.6 is 0 Å². The average molecular weight is 424 g/mol. The van der Waals surface area contributed by atoms with Crippen LogP contribution in [0, 0.1) is 0 Å². The number of carbonyl (C=O) groups excluding carboxylic acids is 2. The smallest absolute Gasteiger partial charge is 0.550 e. The summed E-state index contributed by atoms with van der Waals surface area (Å²) in [5, 5.41) is 17.8. The van der Waals surface area contributed by atoms with Crippen molar-refractivity contribution in [3.63, 3.8) is 0 Å². The fourth-order valence-electron chi connectivity index (χ4n) is 0. The Kier molecular flexibility index (Phi) is 116. The fraction of sp³-hybridized carbons (Fsp3) is 0.833. The van der Waals surface area contributed by atoms with Crippen molar-refractivity contribution in [2.24, 2.45) is 45.9 Å². The Bertz CT molecular complexity index is 162. The summed E-state index contributed by atoms with van der Waals surface area (Å²) in [5.41, 5.74) is 39.2. The number of rotatable bonds is 4. The summed E-state index contributed by atoms with van der Waals surface area (Å²) >= 11 is 0. The molecule has 0 bridgehead atoms. The Morgan fingerprint density at radius 3 is 0.560 bits per heavy atom. The molecule has 0 spiro atoms. The van der Waals surface area contributed by atoms with Crippen LogP contribution in [-0.2, 0) is 29.1 Å². The van der Waals surface area contributed by atoms with E-state index in [1.165, 1.54) is 0 Å². The van der Waals surface area contributed by atoms with E-state index in [2.05, 4.69) is 0 Å². The van der Waals surface area contributed by atoms with Crippen molar-refractivity contribution >= 4 is 11.9 Å². The monoisotopic (exact) mass is 422 g/mol. The van der Waals surface area contributed by atoms with E-state index in [4.69, 9.17) is 65.7 Å². The molecule has 0 aromatic heterocycles. The first-order valence-corrected chi connectivity index (χ1v) is 7.08. The van der Waals surface area contributed by atoms with Crippen LogP contribution in [0.3, 0.4) is 0 Å². The van der Waals surface area contributed by atoms with Gasteiger partial charge in [-0.05, 0) is 13.8 Å². The first-order chi connectivity index (χ1) is 11.1. The maximum atomic E-state index is 8.89. The minimum absolute atomic E-state index is 0. The predicted molar refractivity (Wildman–Crippen MR) is 93.8 cm³/mol. The molecule has 0 aromatic carbocycles. The molecule has 0 aliphatic heterocycles. The number of carboxylic acid groups (broad SMARTS) is 2. The van der Waals surface area contributed by atoms with Gasteiger partial charge < -0.3 is 65.7 Å². The maximum Gasteiger partial charge on any atom is 2.00 e. The molecule has 13 heteroatoms. The Morgan fingerprint density at radius 1 is 0.520 bits per heavy atom. The third-order valence-corrected chi connectivity index (χ3v) is 0.667. The van der Waals surface area contributed by atoms with Gasteiger partial charge in [0.25, 0.3) is 0 Å². The van der Waals surface area contributed by atoms with Crippen molar-refractivity contribution in [1.82, 2.24) is 0 Å². The minimum Gasteiger partial charge on any atom is -0.550 e. The van der Waals surface area contributed by atoms with Crippen LogP contribution in [0.25, 0.3) is 0 Å². The summed E-state index contributed by atoms with van der Waals surface area (Å²) in [7, 11) is 0. The molecule has 0 atom stereocenters. The van der Waals surface area contributed by atoms with Gasteiger partial charge in [0.1, 0.15) is 0 Å².